The fraction of sp³-hybridized carbons (Fsp3) is 0.593. The Balaban J connectivity index is 1.39. The summed E-state index contributed by atoms with van der Waals surface area (Å²) in [6.45, 7) is 3.77. The van der Waals surface area contributed by atoms with Gasteiger partial charge in [-0.25, -0.2) is 9.79 Å². The van der Waals surface area contributed by atoms with Crippen LogP contribution >= 0.6 is 0 Å². The number of nitrogens with zero attached hydrogens (tertiary/aromatic N) is 2. The normalized spacial score (nSPS) is 27.4. The van der Waals surface area contributed by atoms with Gasteiger partial charge in [0.2, 0.25) is 5.96 Å². The highest BCUT2D eigenvalue weighted by atomic mass is 16.3. The number of urea groups is 1. The molecule has 35 heavy (non-hydrogen) atoms. The van der Waals surface area contributed by atoms with E-state index in [2.05, 4.69) is 17.2 Å². The van der Waals surface area contributed by atoms with E-state index in [1.807, 2.05) is 0 Å². The largest absolute Gasteiger partial charge is 0.508 e. The Hall–Kier alpha value is -3.03. The summed E-state index contributed by atoms with van der Waals surface area (Å²) in [7, 11) is 0. The molecule has 1 aliphatic heterocycles. The van der Waals surface area contributed by atoms with Gasteiger partial charge in [0.25, 0.3) is 5.91 Å². The maximum Gasteiger partial charge on any atom is 0.319 e. The number of hydrogen-bond acceptors (Lipinski definition) is 5. The molecule has 190 valence electrons. The number of aromatic hydroxyl groups is 1. The first-order valence-electron chi connectivity index (χ1n) is 13.1. The fourth-order valence-corrected chi connectivity index (χ4v) is 6.12. The van der Waals surface area contributed by atoms with E-state index < -0.39 is 5.54 Å². The van der Waals surface area contributed by atoms with Crippen LogP contribution in [-0.4, -0.2) is 39.5 Å². The molecule has 1 aromatic carbocycles. The Bertz CT molecular complexity index is 941. The van der Waals surface area contributed by atoms with E-state index in [0.29, 0.717) is 18.0 Å². The average Bonchev–Trinajstić information content (AvgIpc) is 3.08. The van der Waals surface area contributed by atoms with Gasteiger partial charge in [-0.05, 0) is 68.2 Å². The lowest BCUT2D eigenvalue weighted by Gasteiger charge is -2.35. The highest BCUT2D eigenvalue weighted by molar-refractivity contribution is 6.07. The molecular weight excluding hydrogens is 442 g/mol. The van der Waals surface area contributed by atoms with Crippen LogP contribution in [0.25, 0.3) is 0 Å². The molecule has 8 nitrogen and oxygen atoms in total. The lowest BCUT2D eigenvalue weighted by Crippen LogP contribution is -2.45. The van der Waals surface area contributed by atoms with Crippen molar-refractivity contribution in [3.05, 3.63) is 37.0 Å². The van der Waals surface area contributed by atoms with Crippen LogP contribution in [0.2, 0.25) is 0 Å². The van der Waals surface area contributed by atoms with Crippen LogP contribution in [0.5, 0.6) is 5.75 Å². The van der Waals surface area contributed by atoms with Crippen LogP contribution in [0.1, 0.15) is 77.0 Å². The number of nitrogens with two attached hydrogens (primary N) is 1. The van der Waals surface area contributed by atoms with Crippen molar-refractivity contribution in [2.75, 3.05) is 5.32 Å². The van der Waals surface area contributed by atoms with E-state index in [4.69, 9.17) is 10.7 Å². The highest BCUT2D eigenvalue weighted by Gasteiger charge is 2.48. The number of rotatable bonds is 8. The summed E-state index contributed by atoms with van der Waals surface area (Å²) in [4.78, 5) is 32.2. The van der Waals surface area contributed by atoms with E-state index in [0.717, 1.165) is 38.5 Å². The number of amides is 3. The Labute approximate surface area is 208 Å². The zero-order valence-electron chi connectivity index (χ0n) is 20.5. The number of phenolic OH excluding ortho intramolecular Hbond substituents is 1. The van der Waals surface area contributed by atoms with Gasteiger partial charge in [0.15, 0.2) is 0 Å². The van der Waals surface area contributed by atoms with Crippen LogP contribution in [0.15, 0.2) is 42.0 Å². The minimum atomic E-state index is -0.823. The lowest BCUT2D eigenvalue weighted by molar-refractivity contribution is -0.130. The molecule has 5 N–H and O–H groups in total. The molecule has 0 radical (unpaired) electrons. The Kier molecular flexibility index (Phi) is 7.98. The molecule has 1 aromatic rings. The smallest absolute Gasteiger partial charge is 0.319 e. The molecule has 8 heteroatoms. The molecule has 0 saturated heterocycles. The highest BCUT2D eigenvalue weighted by Crippen LogP contribution is 2.40. The number of nitrogens with one attached hydrogen (secondary N) is 2. The monoisotopic (exact) mass is 481 g/mol. The number of carbonyl (C=O) groups excluding carboxylic acids is 2. The van der Waals surface area contributed by atoms with Crippen molar-refractivity contribution in [3.8, 4) is 5.75 Å². The summed E-state index contributed by atoms with van der Waals surface area (Å²) in [5, 5.41) is 15.3. The molecule has 3 aliphatic rings. The Morgan fingerprint density at radius 3 is 2.54 bits per heavy atom. The van der Waals surface area contributed by atoms with Gasteiger partial charge in [0, 0.05) is 17.9 Å². The SMILES string of the molecule is C=CN1C(=O)[C@@](CCC2CCCCC2)(C[C@H]2CCC[C@@H](NC(=O)Nc3ccc(O)cc3)C2)N=C1N. The summed E-state index contributed by atoms with van der Waals surface area (Å²) >= 11 is 0. The predicted molar refractivity (Wildman–Crippen MR) is 138 cm³/mol. The molecule has 2 fully saturated rings. The zero-order chi connectivity index (χ0) is 24.8. The van der Waals surface area contributed by atoms with Crippen LogP contribution in [-0.2, 0) is 4.79 Å². The van der Waals surface area contributed by atoms with Crippen LogP contribution in [0.3, 0.4) is 0 Å². The standard InChI is InChI=1S/C27H39N5O3/c1-2-32-24(34)27(31-25(32)28,16-15-19-7-4-3-5-8-19)18-20-9-6-10-22(17-20)30-26(35)29-21-11-13-23(33)14-12-21/h2,11-14,19-20,22,33H,1,3-10,15-18H2,(H2,28,31)(H2,29,30,35)/t20-,22+,27+/m0/s1. The van der Waals surface area contributed by atoms with Crippen molar-refractivity contribution in [3.63, 3.8) is 0 Å². The van der Waals surface area contributed by atoms with Crippen LogP contribution < -0.4 is 16.4 Å². The molecule has 0 bridgehead atoms. The molecule has 0 spiro atoms. The number of phenols is 1. The number of aliphatic imine (C=N–C) groups is 1. The van der Waals surface area contributed by atoms with Gasteiger partial charge < -0.3 is 21.5 Å². The third-order valence-corrected chi connectivity index (χ3v) is 7.94. The molecule has 1 heterocycles. The summed E-state index contributed by atoms with van der Waals surface area (Å²) in [6, 6.07) is 6.18. The molecule has 0 aromatic heterocycles. The number of hydrogen-bond donors (Lipinski definition) is 4. The number of carbonyl (C=O) groups is 2. The fourth-order valence-electron chi connectivity index (χ4n) is 6.12. The van der Waals surface area contributed by atoms with Crippen molar-refractivity contribution in [2.45, 2.75) is 88.6 Å². The Morgan fingerprint density at radius 1 is 1.14 bits per heavy atom. The van der Waals surface area contributed by atoms with Gasteiger partial charge in [0.05, 0.1) is 0 Å². The Morgan fingerprint density at radius 2 is 1.86 bits per heavy atom. The zero-order valence-corrected chi connectivity index (χ0v) is 20.5. The second-order valence-electron chi connectivity index (χ2n) is 10.5. The molecular formula is C27H39N5O3. The van der Waals surface area contributed by atoms with Crippen molar-refractivity contribution in [2.24, 2.45) is 22.6 Å². The predicted octanol–water partition coefficient (Wildman–Crippen LogP) is 4.86. The van der Waals surface area contributed by atoms with Crippen molar-refractivity contribution in [1.82, 2.24) is 10.2 Å². The molecule has 0 unspecified atom stereocenters. The van der Waals surface area contributed by atoms with E-state index in [-0.39, 0.29) is 35.6 Å². The molecule has 2 saturated carbocycles. The molecule has 3 atom stereocenters. The first-order chi connectivity index (χ1) is 16.9. The van der Waals surface area contributed by atoms with Crippen LogP contribution in [0.4, 0.5) is 10.5 Å². The minimum Gasteiger partial charge on any atom is -0.508 e. The maximum atomic E-state index is 13.5. The van der Waals surface area contributed by atoms with E-state index in [1.54, 1.807) is 12.1 Å². The maximum absolute atomic E-state index is 13.5. The van der Waals surface area contributed by atoms with Crippen molar-refractivity contribution < 1.29 is 14.7 Å². The number of guanidine groups is 1. The third kappa shape index (κ3) is 6.16. The summed E-state index contributed by atoms with van der Waals surface area (Å²) in [5.41, 5.74) is 5.95. The molecule has 3 amide bonds. The molecule has 2 aliphatic carbocycles. The second-order valence-corrected chi connectivity index (χ2v) is 10.5. The van der Waals surface area contributed by atoms with Gasteiger partial charge in [0.1, 0.15) is 11.3 Å². The van der Waals surface area contributed by atoms with Gasteiger partial charge in [-0.2, -0.15) is 0 Å². The van der Waals surface area contributed by atoms with Gasteiger partial charge in [-0.15, -0.1) is 0 Å². The van der Waals surface area contributed by atoms with Gasteiger partial charge in [-0.3, -0.25) is 9.69 Å². The first-order valence-corrected chi connectivity index (χ1v) is 13.1. The lowest BCUT2D eigenvalue weighted by atomic mass is 9.74. The topological polar surface area (TPSA) is 120 Å². The quantitative estimate of drug-likeness (QED) is 0.396. The summed E-state index contributed by atoms with van der Waals surface area (Å²) in [5.74, 6) is 1.28. The van der Waals surface area contributed by atoms with E-state index >= 15 is 0 Å². The first kappa shape index (κ1) is 25.1. The van der Waals surface area contributed by atoms with Crippen LogP contribution in [0, 0.1) is 11.8 Å². The second kappa shape index (κ2) is 11.1. The summed E-state index contributed by atoms with van der Waals surface area (Å²) in [6.07, 6.45) is 13.9. The minimum absolute atomic E-state index is 0.0367. The average molecular weight is 482 g/mol. The molecule has 4 rings (SSSR count). The van der Waals surface area contributed by atoms with Gasteiger partial charge in [-0.1, -0.05) is 51.5 Å². The van der Waals surface area contributed by atoms with Crippen molar-refractivity contribution >= 4 is 23.6 Å². The third-order valence-electron chi connectivity index (χ3n) is 7.94. The summed E-state index contributed by atoms with van der Waals surface area (Å²) < 4.78 is 0. The van der Waals surface area contributed by atoms with Gasteiger partial charge >= 0.3 is 6.03 Å². The number of anilines is 1. The van der Waals surface area contributed by atoms with E-state index in [1.165, 1.54) is 55.3 Å². The van der Waals surface area contributed by atoms with E-state index in [9.17, 15) is 14.7 Å². The van der Waals surface area contributed by atoms with Crippen molar-refractivity contribution in [1.29, 1.82) is 0 Å². The number of benzene rings is 1.